The summed E-state index contributed by atoms with van der Waals surface area (Å²) in [4.78, 5) is 16.3. The van der Waals surface area contributed by atoms with Crippen molar-refractivity contribution in [2.45, 2.75) is 33.4 Å². The summed E-state index contributed by atoms with van der Waals surface area (Å²) < 4.78 is 1.96. The highest BCUT2D eigenvalue weighted by atomic mass is 35.5. The van der Waals surface area contributed by atoms with E-state index < -0.39 is 6.04 Å². The molecule has 1 atom stereocenters. The first-order chi connectivity index (χ1) is 8.99. The molecule has 2 rings (SSSR count). The largest absolute Gasteiger partial charge is 0.349 e. The second-order valence-corrected chi connectivity index (χ2v) is 5.14. The fourth-order valence-electron chi connectivity index (χ4n) is 1.89. The number of imidazole rings is 1. The molecule has 0 fully saturated rings. The summed E-state index contributed by atoms with van der Waals surface area (Å²) >= 11 is 0. The quantitative estimate of drug-likeness (QED) is 0.901. The summed E-state index contributed by atoms with van der Waals surface area (Å²) in [6, 6.07) is 3.51. The minimum atomic E-state index is -0.473. The van der Waals surface area contributed by atoms with E-state index in [9.17, 15) is 4.79 Å². The number of rotatable bonds is 4. The van der Waals surface area contributed by atoms with Crippen LogP contribution in [0.1, 0.15) is 25.1 Å². The molecule has 2 aromatic rings. The zero-order chi connectivity index (χ0) is 14.0. The topological polar surface area (TPSA) is 72.4 Å². The van der Waals surface area contributed by atoms with Crippen molar-refractivity contribution in [3.05, 3.63) is 35.8 Å². The second-order valence-electron chi connectivity index (χ2n) is 5.14. The molecule has 0 aliphatic rings. The van der Waals surface area contributed by atoms with E-state index in [1.54, 1.807) is 0 Å². The van der Waals surface area contributed by atoms with Gasteiger partial charge in [-0.25, -0.2) is 4.98 Å². The molecule has 0 saturated heterocycles. The van der Waals surface area contributed by atoms with Gasteiger partial charge in [-0.05, 0) is 24.5 Å². The van der Waals surface area contributed by atoms with Gasteiger partial charge in [-0.3, -0.25) is 4.79 Å². The highest BCUT2D eigenvalue weighted by Gasteiger charge is 2.17. The molecule has 2 heterocycles. The Kier molecular flexibility index (Phi) is 5.53. The van der Waals surface area contributed by atoms with Gasteiger partial charge in [0, 0.05) is 12.4 Å². The van der Waals surface area contributed by atoms with Gasteiger partial charge in [-0.15, -0.1) is 12.4 Å². The van der Waals surface area contributed by atoms with E-state index in [0.717, 1.165) is 16.9 Å². The Balaban J connectivity index is 0.00000200. The highest BCUT2D eigenvalue weighted by molar-refractivity contribution is 5.85. The zero-order valence-electron chi connectivity index (χ0n) is 12.0. The normalized spacial score (nSPS) is 12.2. The number of hydrogen-bond donors (Lipinski definition) is 2. The Bertz CT molecular complexity index is 594. The van der Waals surface area contributed by atoms with Crippen LogP contribution in [0.5, 0.6) is 0 Å². The van der Waals surface area contributed by atoms with Crippen molar-refractivity contribution in [2.75, 3.05) is 0 Å². The van der Waals surface area contributed by atoms with E-state index in [4.69, 9.17) is 5.73 Å². The SMILES string of the molecule is Cc1cccn2cc(CNC(=O)[C@@H](N)C(C)C)nc12.Cl. The molecule has 2 aromatic heterocycles. The predicted molar refractivity (Wildman–Crippen MR) is 81.8 cm³/mol. The number of nitrogens with one attached hydrogen (secondary N) is 1. The number of fused-ring (bicyclic) bond motifs is 1. The summed E-state index contributed by atoms with van der Waals surface area (Å²) in [7, 11) is 0. The summed E-state index contributed by atoms with van der Waals surface area (Å²) in [6.07, 6.45) is 3.87. The molecule has 20 heavy (non-hydrogen) atoms. The molecule has 1 amide bonds. The molecule has 6 heteroatoms. The fourth-order valence-corrected chi connectivity index (χ4v) is 1.89. The van der Waals surface area contributed by atoms with Crippen LogP contribution >= 0.6 is 12.4 Å². The molecule has 0 aliphatic heterocycles. The predicted octanol–water partition coefficient (Wildman–Crippen LogP) is 1.66. The van der Waals surface area contributed by atoms with Crippen molar-refractivity contribution in [1.29, 1.82) is 0 Å². The molecular weight excluding hydrogens is 276 g/mol. The number of halogens is 1. The van der Waals surface area contributed by atoms with Crippen molar-refractivity contribution >= 4 is 24.0 Å². The number of nitrogens with zero attached hydrogens (tertiary/aromatic N) is 2. The first kappa shape index (κ1) is 16.5. The van der Waals surface area contributed by atoms with Crippen LogP contribution in [0.15, 0.2) is 24.5 Å². The third-order valence-electron chi connectivity index (χ3n) is 3.19. The molecule has 0 bridgehead atoms. The minimum absolute atomic E-state index is 0. The number of carbonyl (C=O) groups excluding carboxylic acids is 1. The first-order valence-corrected chi connectivity index (χ1v) is 6.45. The van der Waals surface area contributed by atoms with E-state index in [1.165, 1.54) is 0 Å². The lowest BCUT2D eigenvalue weighted by molar-refractivity contribution is -0.123. The Morgan fingerprint density at radius 3 is 2.80 bits per heavy atom. The molecule has 0 aliphatic carbocycles. The van der Waals surface area contributed by atoms with Crippen LogP contribution in [0.4, 0.5) is 0 Å². The number of aryl methyl sites for hydroxylation is 1. The number of nitrogens with two attached hydrogens (primary N) is 1. The summed E-state index contributed by atoms with van der Waals surface area (Å²) in [5.41, 5.74) is 8.64. The lowest BCUT2D eigenvalue weighted by atomic mass is 10.1. The number of hydrogen-bond acceptors (Lipinski definition) is 3. The van der Waals surface area contributed by atoms with Gasteiger partial charge in [0.05, 0.1) is 18.3 Å². The molecular formula is C14H21ClN4O. The molecule has 0 radical (unpaired) electrons. The standard InChI is InChI=1S/C14H20N4O.ClH/c1-9(2)12(15)14(19)16-7-11-8-18-6-4-5-10(3)13(18)17-11;/h4-6,8-9,12H,7,15H2,1-3H3,(H,16,19);1H/t12-;/m0./s1. The van der Waals surface area contributed by atoms with Crippen molar-refractivity contribution < 1.29 is 4.79 Å². The van der Waals surface area contributed by atoms with Crippen LogP contribution in [0.3, 0.4) is 0 Å². The van der Waals surface area contributed by atoms with Crippen LogP contribution < -0.4 is 11.1 Å². The molecule has 110 valence electrons. The Labute approximate surface area is 125 Å². The number of pyridine rings is 1. The third-order valence-corrected chi connectivity index (χ3v) is 3.19. The van der Waals surface area contributed by atoms with Crippen LogP contribution in [0.25, 0.3) is 5.65 Å². The number of aromatic nitrogens is 2. The summed E-state index contributed by atoms with van der Waals surface area (Å²) in [6.45, 7) is 6.27. The van der Waals surface area contributed by atoms with Gasteiger partial charge in [0.15, 0.2) is 0 Å². The average molecular weight is 297 g/mol. The van der Waals surface area contributed by atoms with E-state index in [1.807, 2.05) is 49.7 Å². The zero-order valence-corrected chi connectivity index (χ0v) is 12.8. The van der Waals surface area contributed by atoms with E-state index in [-0.39, 0.29) is 24.2 Å². The van der Waals surface area contributed by atoms with Crippen LogP contribution in [0, 0.1) is 12.8 Å². The summed E-state index contributed by atoms with van der Waals surface area (Å²) in [5.74, 6) is -0.00732. The summed E-state index contributed by atoms with van der Waals surface area (Å²) in [5, 5.41) is 2.82. The van der Waals surface area contributed by atoms with Crippen LogP contribution in [-0.2, 0) is 11.3 Å². The maximum atomic E-state index is 11.8. The maximum absolute atomic E-state index is 11.8. The average Bonchev–Trinajstić information content (AvgIpc) is 2.79. The Hall–Kier alpha value is -1.59. The molecule has 0 unspecified atom stereocenters. The monoisotopic (exact) mass is 296 g/mol. The Morgan fingerprint density at radius 2 is 2.20 bits per heavy atom. The molecule has 3 N–H and O–H groups in total. The lowest BCUT2D eigenvalue weighted by Crippen LogP contribution is -2.43. The van der Waals surface area contributed by atoms with Crippen molar-refractivity contribution in [3.8, 4) is 0 Å². The van der Waals surface area contributed by atoms with Crippen molar-refractivity contribution in [1.82, 2.24) is 14.7 Å². The van der Waals surface area contributed by atoms with E-state index >= 15 is 0 Å². The van der Waals surface area contributed by atoms with Crippen LogP contribution in [0.2, 0.25) is 0 Å². The molecule has 0 aromatic carbocycles. The molecule has 0 saturated carbocycles. The first-order valence-electron chi connectivity index (χ1n) is 6.45. The van der Waals surface area contributed by atoms with Gasteiger partial charge in [0.2, 0.25) is 5.91 Å². The lowest BCUT2D eigenvalue weighted by Gasteiger charge is -2.14. The number of carbonyl (C=O) groups is 1. The van der Waals surface area contributed by atoms with Gasteiger partial charge in [0.1, 0.15) is 5.65 Å². The van der Waals surface area contributed by atoms with Gasteiger partial charge >= 0.3 is 0 Å². The van der Waals surface area contributed by atoms with Gasteiger partial charge in [-0.2, -0.15) is 0 Å². The van der Waals surface area contributed by atoms with E-state index in [0.29, 0.717) is 6.54 Å². The molecule has 5 nitrogen and oxygen atoms in total. The smallest absolute Gasteiger partial charge is 0.237 e. The van der Waals surface area contributed by atoms with Gasteiger partial charge in [-0.1, -0.05) is 19.9 Å². The van der Waals surface area contributed by atoms with Crippen molar-refractivity contribution in [2.24, 2.45) is 11.7 Å². The van der Waals surface area contributed by atoms with Crippen molar-refractivity contribution in [3.63, 3.8) is 0 Å². The maximum Gasteiger partial charge on any atom is 0.237 e. The number of amides is 1. The fraction of sp³-hybridized carbons (Fsp3) is 0.429. The third kappa shape index (κ3) is 3.49. The minimum Gasteiger partial charge on any atom is -0.349 e. The van der Waals surface area contributed by atoms with Gasteiger partial charge < -0.3 is 15.5 Å². The second kappa shape index (κ2) is 6.72. The highest BCUT2D eigenvalue weighted by Crippen LogP contribution is 2.09. The van der Waals surface area contributed by atoms with Crippen LogP contribution in [-0.4, -0.2) is 21.3 Å². The Morgan fingerprint density at radius 1 is 1.50 bits per heavy atom. The van der Waals surface area contributed by atoms with Gasteiger partial charge in [0.25, 0.3) is 0 Å². The molecule has 0 spiro atoms. The van der Waals surface area contributed by atoms with E-state index in [2.05, 4.69) is 10.3 Å².